The molecule has 0 aliphatic carbocycles. The van der Waals surface area contributed by atoms with Crippen molar-refractivity contribution in [3.05, 3.63) is 35.1 Å². The molecule has 5 nitrogen and oxygen atoms in total. The quantitative estimate of drug-likeness (QED) is 0.859. The van der Waals surface area contributed by atoms with Gasteiger partial charge in [0.05, 0.1) is 11.7 Å². The van der Waals surface area contributed by atoms with Crippen molar-refractivity contribution in [1.82, 2.24) is 14.2 Å². The van der Waals surface area contributed by atoms with Crippen LogP contribution in [0.25, 0.3) is 0 Å². The summed E-state index contributed by atoms with van der Waals surface area (Å²) < 4.78 is 5.42. The summed E-state index contributed by atoms with van der Waals surface area (Å²) in [6.45, 7) is 1.89. The highest BCUT2D eigenvalue weighted by Crippen LogP contribution is 2.19. The molecular weight excluding hydrogens is 214 g/mol. The number of rotatable bonds is 3. The number of aromatic carboxylic acids is 1. The zero-order valence-corrected chi connectivity index (χ0v) is 8.81. The van der Waals surface area contributed by atoms with E-state index in [1.165, 1.54) is 11.5 Å². The molecule has 2 rings (SSSR count). The fourth-order valence-corrected chi connectivity index (χ4v) is 1.95. The Morgan fingerprint density at radius 3 is 3.07 bits per heavy atom. The molecule has 6 heteroatoms. The third kappa shape index (κ3) is 1.75. The van der Waals surface area contributed by atoms with Gasteiger partial charge in [-0.1, -0.05) is 4.49 Å². The first-order valence-electron chi connectivity index (χ1n) is 4.37. The normalized spacial score (nSPS) is 12.6. The van der Waals surface area contributed by atoms with Crippen molar-refractivity contribution in [3.63, 3.8) is 0 Å². The second kappa shape index (κ2) is 3.82. The lowest BCUT2D eigenvalue weighted by molar-refractivity contribution is 0.0684. The van der Waals surface area contributed by atoms with Crippen LogP contribution in [0.1, 0.15) is 29.1 Å². The maximum absolute atomic E-state index is 10.9. The van der Waals surface area contributed by atoms with Crippen molar-refractivity contribution in [2.75, 3.05) is 0 Å². The molecule has 15 heavy (non-hydrogen) atoms. The molecule has 78 valence electrons. The van der Waals surface area contributed by atoms with Crippen LogP contribution in [0.5, 0.6) is 0 Å². The molecule has 0 aliphatic heterocycles. The van der Waals surface area contributed by atoms with E-state index in [0.29, 0.717) is 0 Å². The largest absolute Gasteiger partial charge is 0.477 e. The molecular formula is C9H9N3O2S. The Bertz CT molecular complexity index is 463. The average molecular weight is 223 g/mol. The minimum atomic E-state index is -0.935. The minimum absolute atomic E-state index is 0.107. The summed E-state index contributed by atoms with van der Waals surface area (Å²) in [6.07, 6.45) is 1.73. The Morgan fingerprint density at radius 1 is 1.67 bits per heavy atom. The van der Waals surface area contributed by atoms with Crippen molar-refractivity contribution < 1.29 is 9.90 Å². The molecule has 2 heterocycles. The van der Waals surface area contributed by atoms with E-state index in [4.69, 9.17) is 5.11 Å². The molecule has 0 saturated heterocycles. The summed E-state index contributed by atoms with van der Waals surface area (Å²) >= 11 is 1.26. The molecule has 0 spiro atoms. The van der Waals surface area contributed by atoms with Crippen LogP contribution in [-0.4, -0.2) is 25.2 Å². The van der Waals surface area contributed by atoms with Gasteiger partial charge in [-0.25, -0.2) is 4.79 Å². The molecule has 0 bridgehead atoms. The average Bonchev–Trinajstić information content (AvgIpc) is 2.88. The molecule has 0 radical (unpaired) electrons. The van der Waals surface area contributed by atoms with Crippen LogP contribution in [0, 0.1) is 0 Å². The van der Waals surface area contributed by atoms with E-state index >= 15 is 0 Å². The first-order chi connectivity index (χ1) is 7.20. The lowest BCUT2D eigenvalue weighted by Gasteiger charge is -2.12. The minimum Gasteiger partial charge on any atom is -0.477 e. The molecule has 0 saturated carbocycles. The number of carboxylic acids is 1. The van der Waals surface area contributed by atoms with Gasteiger partial charge in [-0.15, -0.1) is 5.10 Å². The number of aromatic nitrogens is 3. The van der Waals surface area contributed by atoms with Crippen LogP contribution in [0.2, 0.25) is 0 Å². The van der Waals surface area contributed by atoms with Gasteiger partial charge in [0.1, 0.15) is 5.69 Å². The van der Waals surface area contributed by atoms with Crippen LogP contribution < -0.4 is 0 Å². The zero-order chi connectivity index (χ0) is 10.8. The molecule has 1 atom stereocenters. The van der Waals surface area contributed by atoms with Gasteiger partial charge in [0.25, 0.3) is 0 Å². The molecule has 1 unspecified atom stereocenters. The van der Waals surface area contributed by atoms with Crippen molar-refractivity contribution >= 4 is 17.5 Å². The summed E-state index contributed by atoms with van der Waals surface area (Å²) in [5.74, 6) is -0.935. The molecule has 2 aromatic heterocycles. The van der Waals surface area contributed by atoms with Gasteiger partial charge in [0.15, 0.2) is 0 Å². The standard InChI is InChI=1S/C9H9N3O2S/c1-6(7-5-15-11-10-7)12-4-2-3-8(12)9(13)14/h2-6H,1H3,(H,13,14). The summed E-state index contributed by atoms with van der Waals surface area (Å²) in [5, 5.41) is 14.7. The number of hydrogen-bond acceptors (Lipinski definition) is 4. The third-order valence-electron chi connectivity index (χ3n) is 2.22. The fourth-order valence-electron chi connectivity index (χ4n) is 1.41. The van der Waals surface area contributed by atoms with Gasteiger partial charge >= 0.3 is 5.97 Å². The highest BCUT2D eigenvalue weighted by Gasteiger charge is 2.16. The van der Waals surface area contributed by atoms with E-state index in [-0.39, 0.29) is 11.7 Å². The summed E-state index contributed by atoms with van der Waals surface area (Å²) in [6, 6.07) is 3.17. The van der Waals surface area contributed by atoms with Crippen molar-refractivity contribution in [2.24, 2.45) is 0 Å². The summed E-state index contributed by atoms with van der Waals surface area (Å²) in [5.41, 5.74) is 1.04. The third-order valence-corrected chi connectivity index (χ3v) is 2.74. The molecule has 0 aromatic carbocycles. The highest BCUT2D eigenvalue weighted by atomic mass is 32.1. The van der Waals surface area contributed by atoms with Crippen molar-refractivity contribution in [2.45, 2.75) is 13.0 Å². The van der Waals surface area contributed by atoms with Crippen LogP contribution in [0.15, 0.2) is 23.7 Å². The molecule has 2 aromatic rings. The van der Waals surface area contributed by atoms with E-state index in [2.05, 4.69) is 9.59 Å². The monoisotopic (exact) mass is 223 g/mol. The van der Waals surface area contributed by atoms with E-state index in [9.17, 15) is 4.79 Å². The molecule has 1 N–H and O–H groups in total. The van der Waals surface area contributed by atoms with Crippen molar-refractivity contribution in [1.29, 1.82) is 0 Å². The number of nitrogens with zero attached hydrogens (tertiary/aromatic N) is 3. The van der Waals surface area contributed by atoms with Crippen LogP contribution in [0.4, 0.5) is 0 Å². The first-order valence-corrected chi connectivity index (χ1v) is 5.21. The maximum Gasteiger partial charge on any atom is 0.352 e. The van der Waals surface area contributed by atoms with Gasteiger partial charge in [0.2, 0.25) is 0 Å². The zero-order valence-electron chi connectivity index (χ0n) is 7.99. The van der Waals surface area contributed by atoms with Gasteiger partial charge in [-0.2, -0.15) is 0 Å². The molecule has 0 fully saturated rings. The Hall–Kier alpha value is -1.69. The van der Waals surface area contributed by atoms with Crippen LogP contribution in [0.3, 0.4) is 0 Å². The van der Waals surface area contributed by atoms with Gasteiger partial charge in [-0.05, 0) is 30.6 Å². The summed E-state index contributed by atoms with van der Waals surface area (Å²) in [7, 11) is 0. The first kappa shape index (κ1) is 9.85. The Labute approximate surface area is 90.1 Å². The van der Waals surface area contributed by atoms with Gasteiger partial charge < -0.3 is 9.67 Å². The number of hydrogen-bond donors (Lipinski definition) is 1. The predicted molar refractivity (Wildman–Crippen MR) is 55.1 cm³/mol. The second-order valence-electron chi connectivity index (χ2n) is 3.11. The number of carbonyl (C=O) groups is 1. The fraction of sp³-hybridized carbons (Fsp3) is 0.222. The molecule has 0 aliphatic rings. The Kier molecular flexibility index (Phi) is 2.51. The van der Waals surface area contributed by atoms with Gasteiger partial charge in [0, 0.05) is 11.6 Å². The van der Waals surface area contributed by atoms with E-state index in [0.717, 1.165) is 5.69 Å². The van der Waals surface area contributed by atoms with Crippen LogP contribution in [-0.2, 0) is 0 Å². The van der Waals surface area contributed by atoms with Crippen molar-refractivity contribution in [3.8, 4) is 0 Å². The summed E-state index contributed by atoms with van der Waals surface area (Å²) in [4.78, 5) is 10.9. The Balaban J connectivity index is 2.37. The number of carboxylic acid groups (broad SMARTS) is 1. The van der Waals surface area contributed by atoms with E-state index < -0.39 is 5.97 Å². The maximum atomic E-state index is 10.9. The SMILES string of the molecule is CC(c1csnn1)n1cccc1C(=O)O. The smallest absolute Gasteiger partial charge is 0.352 e. The second-order valence-corrected chi connectivity index (χ2v) is 3.72. The van der Waals surface area contributed by atoms with E-state index in [1.54, 1.807) is 22.9 Å². The predicted octanol–water partition coefficient (Wildman–Crippen LogP) is 1.65. The lowest BCUT2D eigenvalue weighted by Crippen LogP contribution is -2.13. The van der Waals surface area contributed by atoms with E-state index in [1.807, 2.05) is 12.3 Å². The van der Waals surface area contributed by atoms with Crippen LogP contribution >= 0.6 is 11.5 Å². The lowest BCUT2D eigenvalue weighted by atomic mass is 10.2. The van der Waals surface area contributed by atoms with Gasteiger partial charge in [-0.3, -0.25) is 0 Å². The Morgan fingerprint density at radius 2 is 2.47 bits per heavy atom. The topological polar surface area (TPSA) is 68.0 Å². The highest BCUT2D eigenvalue weighted by molar-refractivity contribution is 7.03. The molecule has 0 amide bonds.